The maximum atomic E-state index is 13.1. The Labute approximate surface area is 176 Å². The molecule has 3 rings (SSSR count). The first kappa shape index (κ1) is 22.4. The second-order valence-electron chi connectivity index (χ2n) is 7.30. The Hall–Kier alpha value is -2.26. The summed E-state index contributed by atoms with van der Waals surface area (Å²) in [5.41, 5.74) is 2.26. The summed E-state index contributed by atoms with van der Waals surface area (Å²) in [7, 11) is -3.64. The van der Waals surface area contributed by atoms with E-state index in [1.54, 1.807) is 49.4 Å². The summed E-state index contributed by atoms with van der Waals surface area (Å²) < 4.78 is 31.6. The Morgan fingerprint density at radius 3 is 2.53 bits per heavy atom. The fourth-order valence-corrected chi connectivity index (χ4v) is 4.62. The van der Waals surface area contributed by atoms with Crippen molar-refractivity contribution in [2.45, 2.75) is 41.6 Å². The van der Waals surface area contributed by atoms with Crippen LogP contribution in [0.4, 0.5) is 0 Å². The summed E-state index contributed by atoms with van der Waals surface area (Å²) in [6.45, 7) is 2.59. The molecular formula is C22H27NO6S. The number of ether oxygens (including phenoxy) is 1. The fourth-order valence-electron chi connectivity index (χ4n) is 3.30. The quantitative estimate of drug-likeness (QED) is 0.490. The molecule has 7 nitrogen and oxygen atoms in total. The van der Waals surface area contributed by atoms with Gasteiger partial charge in [-0.1, -0.05) is 29.4 Å². The summed E-state index contributed by atoms with van der Waals surface area (Å²) in [5.74, 6) is 0.319. The molecule has 162 valence electrons. The fraction of sp³-hybridized carbons (Fsp3) is 0.409. The Morgan fingerprint density at radius 1 is 1.17 bits per heavy atom. The summed E-state index contributed by atoms with van der Waals surface area (Å²) in [4.78, 5) is 5.48. The molecule has 1 atom stereocenters. The van der Waals surface area contributed by atoms with Crippen LogP contribution in [0.1, 0.15) is 36.8 Å². The lowest BCUT2D eigenvalue weighted by atomic mass is 9.92. The number of sulfone groups is 1. The number of hydrogen-bond donors (Lipinski definition) is 2. The van der Waals surface area contributed by atoms with E-state index in [2.05, 4.69) is 5.16 Å². The molecule has 2 aromatic rings. The highest BCUT2D eigenvalue weighted by Gasteiger charge is 2.21. The summed E-state index contributed by atoms with van der Waals surface area (Å²) in [6.07, 6.45) is 0.800. The molecule has 0 bridgehead atoms. The molecule has 0 radical (unpaired) electrons. The van der Waals surface area contributed by atoms with Crippen LogP contribution >= 0.6 is 0 Å². The lowest BCUT2D eigenvalue weighted by molar-refractivity contribution is 0.00833. The predicted molar refractivity (Wildman–Crippen MR) is 112 cm³/mol. The molecule has 30 heavy (non-hydrogen) atoms. The third-order valence-corrected chi connectivity index (χ3v) is 6.89. The molecule has 0 aromatic heterocycles. The minimum absolute atomic E-state index is 0.121. The number of hydrogen-bond acceptors (Lipinski definition) is 7. The first-order valence-electron chi connectivity index (χ1n) is 9.90. The molecule has 2 aromatic carbocycles. The predicted octanol–water partition coefficient (Wildman–Crippen LogP) is 2.51. The van der Waals surface area contributed by atoms with Gasteiger partial charge < -0.3 is 19.8 Å². The third kappa shape index (κ3) is 5.46. The monoisotopic (exact) mass is 433 g/mol. The minimum Gasteiger partial charge on any atom is -0.394 e. The Balaban J connectivity index is 1.76. The van der Waals surface area contributed by atoms with Crippen LogP contribution in [0.15, 0.2) is 63.5 Å². The summed E-state index contributed by atoms with van der Waals surface area (Å²) in [6, 6.07) is 13.6. The molecule has 1 aliphatic rings. The van der Waals surface area contributed by atoms with Gasteiger partial charge in [-0.05, 0) is 61.1 Å². The van der Waals surface area contributed by atoms with Gasteiger partial charge in [0.25, 0.3) is 0 Å². The van der Waals surface area contributed by atoms with Gasteiger partial charge in [-0.25, -0.2) is 8.42 Å². The highest BCUT2D eigenvalue weighted by molar-refractivity contribution is 7.91. The smallest absolute Gasteiger partial charge is 0.206 e. The molecule has 0 aliphatic carbocycles. The van der Waals surface area contributed by atoms with Gasteiger partial charge in [0.2, 0.25) is 9.84 Å². The van der Waals surface area contributed by atoms with E-state index < -0.39 is 22.5 Å². The van der Waals surface area contributed by atoms with Crippen molar-refractivity contribution in [3.8, 4) is 0 Å². The van der Waals surface area contributed by atoms with Crippen molar-refractivity contribution in [1.82, 2.24) is 0 Å². The van der Waals surface area contributed by atoms with Crippen molar-refractivity contribution in [3.05, 3.63) is 59.7 Å². The highest BCUT2D eigenvalue weighted by Crippen LogP contribution is 2.30. The molecule has 1 fully saturated rings. The zero-order chi connectivity index (χ0) is 21.6. The Morgan fingerprint density at radius 2 is 1.87 bits per heavy atom. The van der Waals surface area contributed by atoms with Gasteiger partial charge in [0.05, 0.1) is 22.1 Å². The van der Waals surface area contributed by atoms with Crippen LogP contribution in [0.3, 0.4) is 0 Å². The van der Waals surface area contributed by atoms with Gasteiger partial charge >= 0.3 is 0 Å². The largest absolute Gasteiger partial charge is 0.394 e. The molecule has 1 aliphatic heterocycles. The Bertz CT molecular complexity index is 965. The molecule has 1 saturated heterocycles. The van der Waals surface area contributed by atoms with Crippen LogP contribution in [0.2, 0.25) is 0 Å². The molecular weight excluding hydrogens is 406 g/mol. The Kier molecular flexibility index (Phi) is 7.60. The van der Waals surface area contributed by atoms with Crippen LogP contribution in [0, 0.1) is 0 Å². The minimum atomic E-state index is -3.64. The van der Waals surface area contributed by atoms with Crippen molar-refractivity contribution < 1.29 is 28.2 Å². The molecule has 8 heteroatoms. The van der Waals surface area contributed by atoms with E-state index in [9.17, 15) is 13.5 Å². The molecule has 2 N–H and O–H groups in total. The molecule has 1 heterocycles. The van der Waals surface area contributed by atoms with E-state index in [0.717, 1.165) is 18.4 Å². The second kappa shape index (κ2) is 10.2. The van der Waals surface area contributed by atoms with Crippen molar-refractivity contribution >= 4 is 15.5 Å². The van der Waals surface area contributed by atoms with Crippen LogP contribution in [-0.2, 0) is 19.4 Å². The van der Waals surface area contributed by atoms with Gasteiger partial charge in [0.15, 0.2) is 0 Å². The zero-order valence-corrected chi connectivity index (χ0v) is 17.7. The number of aliphatic hydroxyl groups is 2. The first-order chi connectivity index (χ1) is 14.4. The lowest BCUT2D eigenvalue weighted by Gasteiger charge is -2.22. The van der Waals surface area contributed by atoms with E-state index in [4.69, 9.17) is 14.7 Å². The average Bonchev–Trinajstić information content (AvgIpc) is 2.79. The number of benzene rings is 2. The van der Waals surface area contributed by atoms with Crippen molar-refractivity contribution in [2.24, 2.45) is 5.16 Å². The van der Waals surface area contributed by atoms with Crippen LogP contribution < -0.4 is 0 Å². The van der Waals surface area contributed by atoms with Crippen molar-refractivity contribution in [3.63, 3.8) is 0 Å². The molecule has 0 spiro atoms. The van der Waals surface area contributed by atoms with E-state index in [0.29, 0.717) is 30.4 Å². The molecule has 0 saturated carbocycles. The van der Waals surface area contributed by atoms with Crippen LogP contribution in [0.5, 0.6) is 0 Å². The maximum Gasteiger partial charge on any atom is 0.206 e. The molecule has 0 amide bonds. The SMILES string of the molecule is C/C(=N\OCC(O)CO)c1ccc(S(=O)(=O)c2cccc(C3CCOCC3)c2)cc1. The number of nitrogens with zero attached hydrogens (tertiary/aromatic N) is 1. The van der Waals surface area contributed by atoms with E-state index >= 15 is 0 Å². The number of aliphatic hydroxyl groups excluding tert-OH is 2. The average molecular weight is 434 g/mol. The normalized spacial score (nSPS) is 17.0. The number of oxime groups is 1. The standard InChI is InChI=1S/C22H27NO6S/c1-16(23-29-15-20(25)14-24)17-5-7-21(8-6-17)30(26,27)22-4-2-3-19(13-22)18-9-11-28-12-10-18/h2-8,13,18,20,24-25H,9-12,14-15H2,1H3/b23-16+. The summed E-state index contributed by atoms with van der Waals surface area (Å²) in [5, 5.41) is 21.9. The van der Waals surface area contributed by atoms with E-state index in [-0.39, 0.29) is 16.4 Å². The topological polar surface area (TPSA) is 105 Å². The third-order valence-electron chi connectivity index (χ3n) is 5.12. The van der Waals surface area contributed by atoms with Gasteiger partial charge in [0, 0.05) is 13.2 Å². The van der Waals surface area contributed by atoms with E-state index in [1.165, 1.54) is 0 Å². The van der Waals surface area contributed by atoms with Gasteiger partial charge in [-0.15, -0.1) is 0 Å². The van der Waals surface area contributed by atoms with Crippen LogP contribution in [0.25, 0.3) is 0 Å². The van der Waals surface area contributed by atoms with Gasteiger partial charge in [-0.3, -0.25) is 0 Å². The van der Waals surface area contributed by atoms with Crippen molar-refractivity contribution in [2.75, 3.05) is 26.4 Å². The van der Waals surface area contributed by atoms with Gasteiger partial charge in [-0.2, -0.15) is 0 Å². The van der Waals surface area contributed by atoms with Crippen LogP contribution in [-0.4, -0.2) is 56.9 Å². The zero-order valence-electron chi connectivity index (χ0n) is 16.9. The first-order valence-corrected chi connectivity index (χ1v) is 11.4. The van der Waals surface area contributed by atoms with Gasteiger partial charge in [0.1, 0.15) is 12.7 Å². The number of rotatable bonds is 8. The maximum absolute atomic E-state index is 13.1. The summed E-state index contributed by atoms with van der Waals surface area (Å²) >= 11 is 0. The highest BCUT2D eigenvalue weighted by atomic mass is 32.2. The van der Waals surface area contributed by atoms with Crippen molar-refractivity contribution in [1.29, 1.82) is 0 Å². The molecule has 1 unspecified atom stereocenters. The second-order valence-corrected chi connectivity index (χ2v) is 9.25. The lowest BCUT2D eigenvalue weighted by Crippen LogP contribution is -2.18. The van der Waals surface area contributed by atoms with E-state index in [1.807, 2.05) is 6.07 Å².